The molecule has 10 heteroatoms. The Hall–Kier alpha value is -4.60. The molecule has 5 aliphatic rings. The molecule has 7 rings (SSSR count). The van der Waals surface area contributed by atoms with Crippen molar-refractivity contribution in [1.29, 1.82) is 0 Å². The predicted molar refractivity (Wildman–Crippen MR) is 122 cm³/mol. The maximum absolute atomic E-state index is 13.5. The van der Waals surface area contributed by atoms with Crippen LogP contribution in [0.25, 0.3) is 0 Å². The van der Waals surface area contributed by atoms with Crippen LogP contribution in [0.15, 0.2) is 60.7 Å². The van der Waals surface area contributed by atoms with Crippen molar-refractivity contribution in [2.45, 2.75) is 0 Å². The van der Waals surface area contributed by atoms with Crippen LogP contribution in [0.2, 0.25) is 0 Å². The fourth-order valence-corrected chi connectivity index (χ4v) is 6.24. The molecule has 3 fully saturated rings. The maximum Gasteiger partial charge on any atom is 0.335 e. The van der Waals surface area contributed by atoms with Gasteiger partial charge in [-0.2, -0.15) is 0 Å². The average molecular weight is 486 g/mol. The highest BCUT2D eigenvalue weighted by atomic mass is 16.4. The third-order valence-electron chi connectivity index (χ3n) is 7.76. The van der Waals surface area contributed by atoms with Gasteiger partial charge < -0.3 is 10.2 Å². The number of hydrogen-bond donors (Lipinski definition) is 2. The molecular weight excluding hydrogens is 468 g/mol. The number of carboxylic acid groups (broad SMARTS) is 2. The van der Waals surface area contributed by atoms with Gasteiger partial charge in [-0.25, -0.2) is 9.59 Å². The van der Waals surface area contributed by atoms with Crippen molar-refractivity contribution >= 4 is 46.9 Å². The highest BCUT2D eigenvalue weighted by molar-refractivity contribution is 6.26. The Bertz CT molecular complexity index is 1260. The van der Waals surface area contributed by atoms with Crippen molar-refractivity contribution in [3.05, 3.63) is 71.8 Å². The van der Waals surface area contributed by atoms with Crippen LogP contribution in [-0.4, -0.2) is 45.8 Å². The van der Waals surface area contributed by atoms with Crippen LogP contribution in [0.1, 0.15) is 20.7 Å². The molecule has 2 bridgehead atoms. The molecule has 2 aromatic rings. The molecule has 4 atom stereocenters. The Morgan fingerprint density at radius 3 is 1.06 bits per heavy atom. The first-order chi connectivity index (χ1) is 17.2. The number of aromatic carboxylic acids is 2. The van der Waals surface area contributed by atoms with E-state index in [1.807, 2.05) is 0 Å². The maximum atomic E-state index is 13.5. The van der Waals surface area contributed by atoms with Crippen molar-refractivity contribution in [1.82, 2.24) is 0 Å². The zero-order valence-corrected chi connectivity index (χ0v) is 18.5. The average Bonchev–Trinajstić information content (AvgIpc) is 3.31. The smallest absolute Gasteiger partial charge is 0.335 e. The fourth-order valence-electron chi connectivity index (χ4n) is 6.24. The summed E-state index contributed by atoms with van der Waals surface area (Å²) in [7, 11) is 0. The van der Waals surface area contributed by atoms with E-state index in [4.69, 9.17) is 10.2 Å². The lowest BCUT2D eigenvalue weighted by atomic mass is 9.54. The van der Waals surface area contributed by atoms with E-state index in [2.05, 4.69) is 0 Å². The molecule has 2 saturated heterocycles. The first kappa shape index (κ1) is 21.9. The SMILES string of the molecule is O=C(O)c1ccc(N2C(=O)C3C4C=CC(C3C2=O)C2C(=O)N(c3ccc(C(=O)O)cc3)C(=O)C42)cc1. The van der Waals surface area contributed by atoms with Gasteiger partial charge in [0.25, 0.3) is 0 Å². The van der Waals surface area contributed by atoms with Crippen LogP contribution in [-0.2, 0) is 19.2 Å². The number of carbonyl (C=O) groups is 6. The number of anilines is 2. The number of benzene rings is 2. The third kappa shape index (κ3) is 2.78. The van der Waals surface area contributed by atoms with Crippen molar-refractivity contribution in [3.63, 3.8) is 0 Å². The topological polar surface area (TPSA) is 149 Å². The van der Waals surface area contributed by atoms with Gasteiger partial charge in [0.15, 0.2) is 0 Å². The summed E-state index contributed by atoms with van der Waals surface area (Å²) in [5, 5.41) is 18.2. The summed E-state index contributed by atoms with van der Waals surface area (Å²) in [5.74, 6) is -8.70. The molecule has 2 aromatic carbocycles. The minimum absolute atomic E-state index is 0.0131. The van der Waals surface area contributed by atoms with Crippen LogP contribution in [0.4, 0.5) is 11.4 Å². The van der Waals surface area contributed by atoms with Crippen LogP contribution in [0.5, 0.6) is 0 Å². The summed E-state index contributed by atoms with van der Waals surface area (Å²) in [5.41, 5.74) is 0.511. The van der Waals surface area contributed by atoms with E-state index in [-0.39, 0.29) is 22.5 Å². The third-order valence-corrected chi connectivity index (χ3v) is 7.76. The van der Waals surface area contributed by atoms with Gasteiger partial charge >= 0.3 is 11.9 Å². The molecule has 2 N–H and O–H groups in total. The van der Waals surface area contributed by atoms with E-state index in [0.29, 0.717) is 0 Å². The zero-order chi connectivity index (χ0) is 25.5. The number of carboxylic acids is 2. The minimum Gasteiger partial charge on any atom is -0.478 e. The number of carbonyl (C=O) groups excluding carboxylic acids is 4. The largest absolute Gasteiger partial charge is 0.478 e. The molecule has 4 amide bonds. The van der Waals surface area contributed by atoms with E-state index in [9.17, 15) is 28.8 Å². The van der Waals surface area contributed by atoms with Gasteiger partial charge in [0, 0.05) is 11.8 Å². The van der Waals surface area contributed by atoms with Gasteiger partial charge in [-0.3, -0.25) is 29.0 Å². The second-order valence-electron chi connectivity index (χ2n) is 9.37. The normalized spacial score (nSPS) is 30.1. The Balaban J connectivity index is 1.34. The van der Waals surface area contributed by atoms with E-state index in [1.165, 1.54) is 48.5 Å². The molecule has 2 aliphatic heterocycles. The molecule has 2 heterocycles. The predicted octanol–water partition coefficient (Wildman–Crippen LogP) is 1.81. The highest BCUT2D eigenvalue weighted by Crippen LogP contribution is 2.58. The number of amides is 4. The first-order valence-corrected chi connectivity index (χ1v) is 11.3. The Kier molecular flexibility index (Phi) is 4.53. The van der Waals surface area contributed by atoms with Gasteiger partial charge in [0.2, 0.25) is 23.6 Å². The standard InChI is InChI=1S/C26H18N2O8/c29-21-17-15-9-10-16(18(17)22(30)27(21)13-5-1-11(2-6-13)25(33)34)20-19(15)23(31)28(24(20)32)14-7-3-12(4-8-14)26(35)36/h1-10,15-20H,(H,33,34)(H,35,36). The zero-order valence-electron chi connectivity index (χ0n) is 18.5. The lowest BCUT2D eigenvalue weighted by Crippen LogP contribution is -2.50. The van der Waals surface area contributed by atoms with Crippen molar-refractivity contribution < 1.29 is 39.0 Å². The van der Waals surface area contributed by atoms with Gasteiger partial charge in [0.1, 0.15) is 0 Å². The summed E-state index contributed by atoms with van der Waals surface area (Å²) < 4.78 is 0. The highest BCUT2D eigenvalue weighted by Gasteiger charge is 2.68. The molecule has 0 radical (unpaired) electrons. The van der Waals surface area contributed by atoms with Crippen molar-refractivity contribution in [3.8, 4) is 0 Å². The van der Waals surface area contributed by atoms with Gasteiger partial charge in [-0.15, -0.1) is 0 Å². The number of nitrogens with zero attached hydrogens (tertiary/aromatic N) is 2. The van der Waals surface area contributed by atoms with Crippen molar-refractivity contribution in [2.75, 3.05) is 9.80 Å². The fraction of sp³-hybridized carbons (Fsp3) is 0.231. The Morgan fingerprint density at radius 1 is 0.528 bits per heavy atom. The molecule has 4 unspecified atom stereocenters. The van der Waals surface area contributed by atoms with E-state index in [1.54, 1.807) is 12.2 Å². The molecule has 36 heavy (non-hydrogen) atoms. The monoisotopic (exact) mass is 486 g/mol. The summed E-state index contributed by atoms with van der Waals surface area (Å²) in [6.07, 6.45) is 3.49. The van der Waals surface area contributed by atoms with E-state index < -0.39 is 71.1 Å². The second-order valence-corrected chi connectivity index (χ2v) is 9.37. The summed E-state index contributed by atoms with van der Waals surface area (Å²) in [6.45, 7) is 0. The van der Waals surface area contributed by atoms with Crippen LogP contribution >= 0.6 is 0 Å². The number of hydrogen-bond acceptors (Lipinski definition) is 6. The Labute approximate surface area is 203 Å². The van der Waals surface area contributed by atoms with Gasteiger partial charge in [0.05, 0.1) is 46.2 Å². The second kappa shape index (κ2) is 7.45. The van der Waals surface area contributed by atoms with Crippen LogP contribution in [0.3, 0.4) is 0 Å². The summed E-state index contributed by atoms with van der Waals surface area (Å²) in [6, 6.07) is 10.8. The lowest BCUT2D eigenvalue weighted by molar-refractivity contribution is -0.137. The van der Waals surface area contributed by atoms with Gasteiger partial charge in [-0.05, 0) is 48.5 Å². The number of allylic oxidation sites excluding steroid dienone is 2. The van der Waals surface area contributed by atoms with E-state index in [0.717, 1.165) is 9.80 Å². The first-order valence-electron chi connectivity index (χ1n) is 11.3. The number of rotatable bonds is 4. The molecule has 0 aromatic heterocycles. The molecule has 3 aliphatic carbocycles. The van der Waals surface area contributed by atoms with Crippen LogP contribution < -0.4 is 9.80 Å². The summed E-state index contributed by atoms with van der Waals surface area (Å²) in [4.78, 5) is 78.3. The molecule has 180 valence electrons. The lowest BCUT2D eigenvalue weighted by Gasteiger charge is -2.44. The quantitative estimate of drug-likeness (QED) is 0.491. The van der Waals surface area contributed by atoms with E-state index >= 15 is 0 Å². The van der Waals surface area contributed by atoms with Crippen molar-refractivity contribution in [2.24, 2.45) is 35.5 Å². The molecule has 0 spiro atoms. The van der Waals surface area contributed by atoms with Crippen LogP contribution in [0, 0.1) is 35.5 Å². The molecule has 1 saturated carbocycles. The minimum atomic E-state index is -1.14. The molecule has 10 nitrogen and oxygen atoms in total. The molecular formula is C26H18N2O8. The Morgan fingerprint density at radius 2 is 0.806 bits per heavy atom. The van der Waals surface area contributed by atoms with Gasteiger partial charge in [-0.1, -0.05) is 12.2 Å². The summed E-state index contributed by atoms with van der Waals surface area (Å²) >= 11 is 0. The number of imide groups is 2.